The molecule has 0 aromatic heterocycles. The number of fused-ring (bicyclic) bond motifs is 1. The molecule has 0 aliphatic rings. The van der Waals surface area contributed by atoms with Crippen molar-refractivity contribution in [2.45, 2.75) is 38.9 Å². The van der Waals surface area contributed by atoms with Crippen molar-refractivity contribution in [1.29, 1.82) is 0 Å². The summed E-state index contributed by atoms with van der Waals surface area (Å²) < 4.78 is 7.46. The lowest BCUT2D eigenvalue weighted by Gasteiger charge is -2.36. The minimum atomic E-state index is -1.79. The third-order valence-corrected chi connectivity index (χ3v) is 9.16. The fourth-order valence-electron chi connectivity index (χ4n) is 1.72. The Labute approximate surface area is 125 Å². The van der Waals surface area contributed by atoms with Gasteiger partial charge in [0.2, 0.25) is 0 Å². The van der Waals surface area contributed by atoms with Gasteiger partial charge < -0.3 is 4.43 Å². The molecule has 0 amide bonds. The number of hydrogen-bond donors (Lipinski definition) is 0. The first-order valence-electron chi connectivity index (χ1n) is 6.59. The van der Waals surface area contributed by atoms with E-state index in [1.54, 1.807) is 0 Å². The fourth-order valence-corrected chi connectivity index (χ4v) is 3.47. The van der Waals surface area contributed by atoms with Crippen molar-refractivity contribution in [2.75, 3.05) is 0 Å². The van der Waals surface area contributed by atoms with Gasteiger partial charge in [0.15, 0.2) is 0 Å². The predicted molar refractivity (Wildman–Crippen MR) is 89.5 cm³/mol. The van der Waals surface area contributed by atoms with E-state index in [0.717, 1.165) is 10.2 Å². The maximum absolute atomic E-state index is 6.40. The molecular formula is C16H21BrOSi. The van der Waals surface area contributed by atoms with Gasteiger partial charge in [-0.2, -0.15) is 0 Å². The van der Waals surface area contributed by atoms with E-state index in [9.17, 15) is 0 Å². The molecule has 0 N–H and O–H groups in total. The van der Waals surface area contributed by atoms with E-state index < -0.39 is 8.32 Å². The molecule has 3 heteroatoms. The maximum atomic E-state index is 6.40. The first-order chi connectivity index (χ1) is 8.72. The van der Waals surface area contributed by atoms with E-state index in [4.69, 9.17) is 4.43 Å². The average Bonchev–Trinajstić information content (AvgIpc) is 2.31. The van der Waals surface area contributed by atoms with Crippen LogP contribution in [0.4, 0.5) is 0 Å². The molecule has 2 aromatic rings. The van der Waals surface area contributed by atoms with E-state index >= 15 is 0 Å². The van der Waals surface area contributed by atoms with Gasteiger partial charge >= 0.3 is 0 Å². The minimum Gasteiger partial charge on any atom is -0.543 e. The Morgan fingerprint density at radius 2 is 1.63 bits per heavy atom. The molecule has 2 aromatic carbocycles. The van der Waals surface area contributed by atoms with Crippen molar-refractivity contribution in [3.8, 4) is 5.75 Å². The van der Waals surface area contributed by atoms with Gasteiger partial charge in [0, 0.05) is 0 Å². The summed E-state index contributed by atoms with van der Waals surface area (Å²) in [5.74, 6) is 0.963. The third kappa shape index (κ3) is 2.87. The van der Waals surface area contributed by atoms with Crippen molar-refractivity contribution in [1.82, 2.24) is 0 Å². The quantitative estimate of drug-likeness (QED) is 0.612. The van der Waals surface area contributed by atoms with Crippen molar-refractivity contribution < 1.29 is 4.43 Å². The number of rotatable bonds is 2. The molecule has 0 unspecified atom stereocenters. The van der Waals surface area contributed by atoms with E-state index in [2.05, 4.69) is 86.2 Å². The summed E-state index contributed by atoms with van der Waals surface area (Å²) >= 11 is 3.70. The van der Waals surface area contributed by atoms with Crippen LogP contribution in [0.25, 0.3) is 10.8 Å². The Morgan fingerprint density at radius 1 is 1.00 bits per heavy atom. The molecule has 0 bridgehead atoms. The van der Waals surface area contributed by atoms with Crippen LogP contribution in [0.15, 0.2) is 40.9 Å². The Bertz CT molecular complexity index is 599. The summed E-state index contributed by atoms with van der Waals surface area (Å²) in [7, 11) is -1.79. The smallest absolute Gasteiger partial charge is 0.250 e. The monoisotopic (exact) mass is 336 g/mol. The zero-order valence-corrected chi connectivity index (χ0v) is 14.8. The Morgan fingerprint density at radius 3 is 2.26 bits per heavy atom. The minimum absolute atomic E-state index is 0.206. The maximum Gasteiger partial charge on any atom is 0.250 e. The van der Waals surface area contributed by atoms with Gasteiger partial charge in [0.25, 0.3) is 8.32 Å². The molecule has 0 spiro atoms. The standard InChI is InChI=1S/C16H21BrOSi/c1-16(2,3)19(4,5)18-14-11-10-12-8-6-7-9-13(12)15(14)17/h6-11H,1-5H3. The molecule has 0 radical (unpaired) electrons. The lowest BCUT2D eigenvalue weighted by atomic mass is 10.1. The highest BCUT2D eigenvalue weighted by Gasteiger charge is 2.39. The molecule has 0 aliphatic carbocycles. The third-order valence-electron chi connectivity index (χ3n) is 4.00. The molecule has 0 saturated heterocycles. The van der Waals surface area contributed by atoms with Gasteiger partial charge in [-0.1, -0.05) is 51.1 Å². The van der Waals surface area contributed by atoms with Gasteiger partial charge in [-0.15, -0.1) is 0 Å². The number of hydrogen-bond acceptors (Lipinski definition) is 1. The average molecular weight is 337 g/mol. The summed E-state index contributed by atoms with van der Waals surface area (Å²) in [5, 5.41) is 2.65. The molecule has 0 heterocycles. The zero-order chi connectivity index (χ0) is 14.3. The van der Waals surface area contributed by atoms with Gasteiger partial charge in [0.05, 0.1) is 4.47 Å². The topological polar surface area (TPSA) is 9.23 Å². The van der Waals surface area contributed by atoms with Crippen LogP contribution in [-0.2, 0) is 0 Å². The van der Waals surface area contributed by atoms with E-state index in [0.29, 0.717) is 0 Å². The van der Waals surface area contributed by atoms with Crippen LogP contribution in [0.3, 0.4) is 0 Å². The number of benzene rings is 2. The molecule has 2 rings (SSSR count). The van der Waals surface area contributed by atoms with E-state index in [-0.39, 0.29) is 5.04 Å². The van der Waals surface area contributed by atoms with Gasteiger partial charge in [0.1, 0.15) is 5.75 Å². The first kappa shape index (κ1) is 14.6. The fraction of sp³-hybridized carbons (Fsp3) is 0.375. The van der Waals surface area contributed by atoms with Crippen molar-refractivity contribution in [2.24, 2.45) is 0 Å². The lowest BCUT2D eigenvalue weighted by Crippen LogP contribution is -2.43. The number of halogens is 1. The van der Waals surface area contributed by atoms with Crippen LogP contribution >= 0.6 is 15.9 Å². The van der Waals surface area contributed by atoms with Crippen LogP contribution in [0, 0.1) is 0 Å². The van der Waals surface area contributed by atoms with Gasteiger partial charge in [-0.25, -0.2) is 0 Å². The summed E-state index contributed by atoms with van der Waals surface area (Å²) in [6.45, 7) is 11.3. The Hall–Kier alpha value is -0.803. The van der Waals surface area contributed by atoms with Crippen molar-refractivity contribution in [3.63, 3.8) is 0 Å². The summed E-state index contributed by atoms with van der Waals surface area (Å²) in [6, 6.07) is 12.6. The van der Waals surface area contributed by atoms with Crippen LogP contribution < -0.4 is 4.43 Å². The molecule has 0 aliphatic heterocycles. The Kier molecular flexibility index (Phi) is 3.80. The highest BCUT2D eigenvalue weighted by atomic mass is 79.9. The molecule has 19 heavy (non-hydrogen) atoms. The van der Waals surface area contributed by atoms with E-state index in [1.165, 1.54) is 10.8 Å². The van der Waals surface area contributed by atoms with E-state index in [1.807, 2.05) is 0 Å². The molecule has 0 atom stereocenters. The Balaban J connectivity index is 2.45. The van der Waals surface area contributed by atoms with Gasteiger partial charge in [-0.3, -0.25) is 0 Å². The second-order valence-electron chi connectivity index (χ2n) is 6.46. The second-order valence-corrected chi connectivity index (χ2v) is 12.0. The van der Waals surface area contributed by atoms with Crippen LogP contribution in [0.5, 0.6) is 5.75 Å². The van der Waals surface area contributed by atoms with Crippen molar-refractivity contribution >= 4 is 35.0 Å². The predicted octanol–water partition coefficient (Wildman–Crippen LogP) is 5.99. The summed E-state index contributed by atoms with van der Waals surface area (Å²) in [4.78, 5) is 0. The highest BCUT2D eigenvalue weighted by molar-refractivity contribution is 9.10. The summed E-state index contributed by atoms with van der Waals surface area (Å²) in [6.07, 6.45) is 0. The van der Waals surface area contributed by atoms with Crippen LogP contribution in [0.1, 0.15) is 20.8 Å². The summed E-state index contributed by atoms with van der Waals surface area (Å²) in [5.41, 5.74) is 0. The van der Waals surface area contributed by atoms with Crippen LogP contribution in [0.2, 0.25) is 18.1 Å². The van der Waals surface area contributed by atoms with Gasteiger partial charge in [-0.05, 0) is 50.9 Å². The van der Waals surface area contributed by atoms with Crippen LogP contribution in [-0.4, -0.2) is 8.32 Å². The molecule has 1 nitrogen and oxygen atoms in total. The molecular weight excluding hydrogens is 316 g/mol. The van der Waals surface area contributed by atoms with Crippen molar-refractivity contribution in [3.05, 3.63) is 40.9 Å². The molecule has 0 fully saturated rings. The lowest BCUT2D eigenvalue weighted by molar-refractivity contribution is 0.490. The molecule has 0 saturated carbocycles. The normalized spacial score (nSPS) is 12.7. The molecule has 102 valence electrons. The highest BCUT2D eigenvalue weighted by Crippen LogP contribution is 2.41. The zero-order valence-electron chi connectivity index (χ0n) is 12.3. The first-order valence-corrected chi connectivity index (χ1v) is 10.3. The SMILES string of the molecule is CC(C)(C)[Si](C)(C)Oc1ccc2ccccc2c1Br. The largest absolute Gasteiger partial charge is 0.543 e. The second kappa shape index (κ2) is 4.95.